The predicted octanol–water partition coefficient (Wildman–Crippen LogP) is 2.96. The van der Waals surface area contributed by atoms with E-state index in [1.54, 1.807) is 24.5 Å². The Bertz CT molecular complexity index is 785. The lowest BCUT2D eigenvalue weighted by molar-refractivity contribution is -0.116. The van der Waals surface area contributed by atoms with Crippen LogP contribution in [0.2, 0.25) is 0 Å². The third-order valence-corrected chi connectivity index (χ3v) is 5.00. The summed E-state index contributed by atoms with van der Waals surface area (Å²) >= 11 is 1.65. The van der Waals surface area contributed by atoms with Crippen LogP contribution in [0.1, 0.15) is 17.2 Å². The van der Waals surface area contributed by atoms with Crippen LogP contribution in [0.3, 0.4) is 0 Å². The summed E-state index contributed by atoms with van der Waals surface area (Å²) in [5.74, 6) is 1.68. The molecule has 144 valence electrons. The highest BCUT2D eigenvalue weighted by atomic mass is 32.1. The maximum absolute atomic E-state index is 12.3. The van der Waals surface area contributed by atoms with Crippen molar-refractivity contribution >= 4 is 23.3 Å². The average molecular weight is 388 g/mol. The Morgan fingerprint density at radius 2 is 2.19 bits per heavy atom. The van der Waals surface area contributed by atoms with Gasteiger partial charge < -0.3 is 24.4 Å². The second kappa shape index (κ2) is 8.92. The second-order valence-electron chi connectivity index (χ2n) is 6.36. The first-order chi connectivity index (χ1) is 13.1. The van der Waals surface area contributed by atoms with Gasteiger partial charge in [0.2, 0.25) is 11.7 Å². The minimum atomic E-state index is -0.147. The first-order valence-electron chi connectivity index (χ1n) is 8.70. The van der Waals surface area contributed by atoms with E-state index in [9.17, 15) is 4.79 Å². The van der Waals surface area contributed by atoms with Crippen molar-refractivity contribution in [1.82, 2.24) is 10.2 Å². The van der Waals surface area contributed by atoms with Gasteiger partial charge in [-0.25, -0.2) is 0 Å². The molecule has 1 aromatic heterocycles. The lowest BCUT2D eigenvalue weighted by Crippen LogP contribution is -2.33. The van der Waals surface area contributed by atoms with Gasteiger partial charge in [0.25, 0.3) is 0 Å². The van der Waals surface area contributed by atoms with Crippen LogP contribution in [-0.4, -0.2) is 51.8 Å². The molecular formula is C20H24N2O4S. The average Bonchev–Trinajstić information content (AvgIpc) is 3.20. The molecule has 1 atom stereocenters. The van der Waals surface area contributed by atoms with E-state index in [0.717, 1.165) is 5.56 Å². The Kier molecular flexibility index (Phi) is 6.36. The van der Waals surface area contributed by atoms with Crippen LogP contribution in [0.15, 0.2) is 35.0 Å². The molecule has 1 amide bonds. The summed E-state index contributed by atoms with van der Waals surface area (Å²) < 4.78 is 16.6. The molecule has 0 saturated heterocycles. The van der Waals surface area contributed by atoms with Gasteiger partial charge in [0, 0.05) is 12.6 Å². The minimum Gasteiger partial charge on any atom is -0.493 e. The summed E-state index contributed by atoms with van der Waals surface area (Å²) in [5.41, 5.74) is 2.01. The van der Waals surface area contributed by atoms with Crippen LogP contribution >= 0.6 is 11.3 Å². The number of rotatable bonds is 7. The van der Waals surface area contributed by atoms with E-state index < -0.39 is 0 Å². The van der Waals surface area contributed by atoms with Gasteiger partial charge in [-0.15, -0.1) is 0 Å². The zero-order valence-corrected chi connectivity index (χ0v) is 16.5. The Balaban J connectivity index is 1.64. The van der Waals surface area contributed by atoms with Gasteiger partial charge in [-0.2, -0.15) is 11.3 Å². The zero-order valence-electron chi connectivity index (χ0n) is 15.7. The van der Waals surface area contributed by atoms with Gasteiger partial charge in [-0.3, -0.25) is 4.79 Å². The van der Waals surface area contributed by atoms with E-state index in [0.29, 0.717) is 37.0 Å². The van der Waals surface area contributed by atoms with Gasteiger partial charge in [0.05, 0.1) is 13.2 Å². The largest absolute Gasteiger partial charge is 0.493 e. The summed E-state index contributed by atoms with van der Waals surface area (Å²) in [6.45, 7) is 1.54. The van der Waals surface area contributed by atoms with Crippen molar-refractivity contribution in [2.75, 3.05) is 41.0 Å². The number of carbonyl (C=O) groups excluding carboxylic acids is 1. The predicted molar refractivity (Wildman–Crippen MR) is 107 cm³/mol. The van der Waals surface area contributed by atoms with E-state index in [1.807, 2.05) is 31.6 Å². The highest BCUT2D eigenvalue weighted by molar-refractivity contribution is 7.07. The monoisotopic (exact) mass is 388 g/mol. The molecule has 1 aliphatic rings. The number of nitrogens with one attached hydrogen (secondary N) is 1. The first-order valence-corrected chi connectivity index (χ1v) is 9.65. The number of amides is 1. The van der Waals surface area contributed by atoms with Crippen LogP contribution in [0.4, 0.5) is 0 Å². The molecule has 1 N–H and O–H groups in total. The molecule has 0 spiro atoms. The number of ether oxygens (including phenoxy) is 3. The first kappa shape index (κ1) is 19.3. The number of methoxy groups -OCH3 is 1. The van der Waals surface area contributed by atoms with Gasteiger partial charge in [0.15, 0.2) is 11.5 Å². The fourth-order valence-electron chi connectivity index (χ4n) is 2.88. The maximum Gasteiger partial charge on any atom is 0.244 e. The van der Waals surface area contributed by atoms with Crippen LogP contribution in [0.25, 0.3) is 6.08 Å². The lowest BCUT2D eigenvalue weighted by Gasteiger charge is -2.23. The van der Waals surface area contributed by atoms with Crippen molar-refractivity contribution in [2.24, 2.45) is 0 Å². The quantitative estimate of drug-likeness (QED) is 0.739. The Morgan fingerprint density at radius 1 is 1.37 bits per heavy atom. The fraction of sp³-hybridized carbons (Fsp3) is 0.350. The minimum absolute atomic E-state index is 0.142. The molecule has 0 bridgehead atoms. The third-order valence-electron chi connectivity index (χ3n) is 4.30. The highest BCUT2D eigenvalue weighted by Gasteiger charge is 2.18. The SMILES string of the molecule is COc1cc(/C=C/C(=O)NCC(c2ccsc2)N(C)C)cc2c1OCCO2. The Labute approximate surface area is 163 Å². The van der Waals surface area contributed by atoms with Crippen molar-refractivity contribution in [3.8, 4) is 17.2 Å². The molecule has 0 saturated carbocycles. The van der Waals surface area contributed by atoms with Crippen LogP contribution in [-0.2, 0) is 4.79 Å². The van der Waals surface area contributed by atoms with E-state index in [-0.39, 0.29) is 11.9 Å². The summed E-state index contributed by atoms with van der Waals surface area (Å²) in [6, 6.07) is 5.89. The number of thiophene rings is 1. The highest BCUT2D eigenvalue weighted by Crippen LogP contribution is 2.40. The molecule has 6 nitrogen and oxygen atoms in total. The molecule has 2 aromatic rings. The Hall–Kier alpha value is -2.51. The van der Waals surface area contributed by atoms with Crippen molar-refractivity contribution in [3.05, 3.63) is 46.2 Å². The molecule has 0 fully saturated rings. The fourth-order valence-corrected chi connectivity index (χ4v) is 3.59. The van der Waals surface area contributed by atoms with Crippen LogP contribution in [0.5, 0.6) is 17.2 Å². The third kappa shape index (κ3) is 4.81. The van der Waals surface area contributed by atoms with Gasteiger partial charge >= 0.3 is 0 Å². The van der Waals surface area contributed by atoms with Gasteiger partial charge in [0.1, 0.15) is 13.2 Å². The Morgan fingerprint density at radius 3 is 2.89 bits per heavy atom. The normalized spacial score (nSPS) is 14.4. The van der Waals surface area contributed by atoms with Crippen molar-refractivity contribution in [1.29, 1.82) is 0 Å². The number of hydrogen-bond acceptors (Lipinski definition) is 6. The van der Waals surface area contributed by atoms with Crippen LogP contribution < -0.4 is 19.5 Å². The zero-order chi connectivity index (χ0) is 19.2. The molecule has 1 aromatic carbocycles. The molecule has 27 heavy (non-hydrogen) atoms. The standard InChI is InChI=1S/C20H24N2O4S/c1-22(2)16(15-6-9-27-13-15)12-21-19(23)5-4-14-10-17(24-3)20-18(11-14)25-7-8-26-20/h4-6,9-11,13,16H,7-8,12H2,1-3H3,(H,21,23)/b5-4+. The molecule has 1 aliphatic heterocycles. The number of hydrogen-bond donors (Lipinski definition) is 1. The number of benzene rings is 1. The molecule has 2 heterocycles. The summed E-state index contributed by atoms with van der Waals surface area (Å²) in [6.07, 6.45) is 3.26. The number of likely N-dealkylation sites (N-methyl/N-ethyl adjacent to an activating group) is 1. The molecule has 0 aliphatic carbocycles. The molecule has 7 heteroatoms. The second-order valence-corrected chi connectivity index (χ2v) is 7.14. The number of carbonyl (C=O) groups is 1. The topological polar surface area (TPSA) is 60.0 Å². The van der Waals surface area contributed by atoms with E-state index in [2.05, 4.69) is 21.7 Å². The summed E-state index contributed by atoms with van der Waals surface area (Å²) in [7, 11) is 5.59. The smallest absolute Gasteiger partial charge is 0.244 e. The van der Waals surface area contributed by atoms with E-state index in [1.165, 1.54) is 11.6 Å². The van der Waals surface area contributed by atoms with E-state index in [4.69, 9.17) is 14.2 Å². The van der Waals surface area contributed by atoms with Gasteiger partial charge in [-0.1, -0.05) is 0 Å². The number of nitrogens with zero attached hydrogens (tertiary/aromatic N) is 1. The van der Waals surface area contributed by atoms with E-state index >= 15 is 0 Å². The summed E-state index contributed by atoms with van der Waals surface area (Å²) in [5, 5.41) is 7.11. The van der Waals surface area contributed by atoms with Crippen molar-refractivity contribution in [3.63, 3.8) is 0 Å². The van der Waals surface area contributed by atoms with Gasteiger partial charge in [-0.05, 0) is 60.3 Å². The molecular weight excluding hydrogens is 364 g/mol. The maximum atomic E-state index is 12.3. The number of fused-ring (bicyclic) bond motifs is 1. The molecule has 0 radical (unpaired) electrons. The van der Waals surface area contributed by atoms with Crippen molar-refractivity contribution < 1.29 is 19.0 Å². The molecule has 1 unspecified atom stereocenters. The molecule has 3 rings (SSSR count). The van der Waals surface area contributed by atoms with Crippen molar-refractivity contribution in [2.45, 2.75) is 6.04 Å². The summed E-state index contributed by atoms with van der Waals surface area (Å²) in [4.78, 5) is 14.4. The lowest BCUT2D eigenvalue weighted by atomic mass is 10.1. The van der Waals surface area contributed by atoms with Crippen LogP contribution in [0, 0.1) is 0 Å².